The minimum absolute atomic E-state index is 0.138. The number of anilines is 1. The lowest BCUT2D eigenvalue weighted by atomic mass is 10.2. The molecule has 0 aromatic heterocycles. The zero-order valence-corrected chi connectivity index (χ0v) is 16.7. The number of carbonyl (C=O) groups is 2. The van der Waals surface area contributed by atoms with E-state index in [-0.39, 0.29) is 43.2 Å². The number of nitrogens with zero attached hydrogens (tertiary/aromatic N) is 3. The fourth-order valence-electron chi connectivity index (χ4n) is 3.81. The van der Waals surface area contributed by atoms with Crippen LogP contribution in [0.5, 0.6) is 0 Å². The van der Waals surface area contributed by atoms with Crippen LogP contribution >= 0.6 is 0 Å². The predicted octanol–water partition coefficient (Wildman–Crippen LogP) is 1.60. The van der Waals surface area contributed by atoms with Gasteiger partial charge < -0.3 is 0 Å². The fourth-order valence-corrected chi connectivity index (χ4v) is 5.26. The molecule has 158 valence electrons. The first-order valence-corrected chi connectivity index (χ1v) is 10.8. The molecule has 0 radical (unpaired) electrons. The Bertz CT molecular complexity index is 1090. The lowest BCUT2D eigenvalue weighted by molar-refractivity contribution is -0.123. The number of hydrogen-bond donors (Lipinski definition) is 0. The molecule has 0 bridgehead atoms. The second kappa shape index (κ2) is 7.86. The lowest BCUT2D eigenvalue weighted by Gasteiger charge is -2.36. The minimum Gasteiger partial charge on any atom is -0.289 e. The number of rotatable bonds is 4. The molecule has 1 atom stereocenters. The Kier molecular flexibility index (Phi) is 5.39. The standard InChI is InChI=1S/C20H19F2N3O4S/c21-14-6-7-17(16(22)12-14)25-19(26)13-18(20(25)27)23-8-10-24(11-9-23)30(28,29)15-4-2-1-3-5-15/h1-7,12,18H,8-11,13H2. The van der Waals surface area contributed by atoms with Gasteiger partial charge in [-0.15, -0.1) is 0 Å². The average molecular weight is 435 g/mol. The lowest BCUT2D eigenvalue weighted by Crippen LogP contribution is -2.53. The quantitative estimate of drug-likeness (QED) is 0.682. The monoisotopic (exact) mass is 435 g/mol. The molecule has 10 heteroatoms. The van der Waals surface area contributed by atoms with Crippen LogP contribution in [0.25, 0.3) is 0 Å². The van der Waals surface area contributed by atoms with Crippen LogP contribution in [0.3, 0.4) is 0 Å². The summed E-state index contributed by atoms with van der Waals surface area (Å²) in [4.78, 5) is 27.9. The normalized spacial score (nSPS) is 21.4. The van der Waals surface area contributed by atoms with Gasteiger partial charge in [0.2, 0.25) is 15.9 Å². The topological polar surface area (TPSA) is 78.0 Å². The molecule has 2 heterocycles. The Morgan fingerprint density at radius 2 is 1.57 bits per heavy atom. The predicted molar refractivity (Wildman–Crippen MR) is 104 cm³/mol. The Balaban J connectivity index is 1.47. The number of sulfonamides is 1. The van der Waals surface area contributed by atoms with Crippen molar-refractivity contribution in [1.82, 2.24) is 9.21 Å². The van der Waals surface area contributed by atoms with Gasteiger partial charge in [0.25, 0.3) is 5.91 Å². The molecule has 0 aliphatic carbocycles. The van der Waals surface area contributed by atoms with E-state index in [0.29, 0.717) is 6.07 Å². The SMILES string of the molecule is O=C1CC(N2CCN(S(=O)(=O)c3ccccc3)CC2)C(=O)N1c1ccc(F)cc1F. The number of amides is 2. The smallest absolute Gasteiger partial charge is 0.251 e. The number of benzene rings is 2. The van der Waals surface area contributed by atoms with Crippen molar-refractivity contribution in [3.63, 3.8) is 0 Å². The van der Waals surface area contributed by atoms with E-state index in [4.69, 9.17) is 0 Å². The molecule has 2 aliphatic heterocycles. The van der Waals surface area contributed by atoms with Crippen molar-refractivity contribution in [2.45, 2.75) is 17.4 Å². The minimum atomic E-state index is -3.64. The molecule has 2 amide bonds. The van der Waals surface area contributed by atoms with Crippen LogP contribution in [0.4, 0.5) is 14.5 Å². The van der Waals surface area contributed by atoms with Crippen molar-refractivity contribution >= 4 is 27.5 Å². The molecule has 2 aliphatic rings. The zero-order chi connectivity index (χ0) is 21.5. The number of carbonyl (C=O) groups excluding carboxylic acids is 2. The zero-order valence-electron chi connectivity index (χ0n) is 15.9. The summed E-state index contributed by atoms with van der Waals surface area (Å²) in [6.45, 7) is 0.852. The summed E-state index contributed by atoms with van der Waals surface area (Å²) in [5.74, 6) is -2.96. The summed E-state index contributed by atoms with van der Waals surface area (Å²) < 4.78 is 54.1. The number of piperazine rings is 1. The van der Waals surface area contributed by atoms with E-state index in [1.165, 1.54) is 16.4 Å². The van der Waals surface area contributed by atoms with E-state index >= 15 is 0 Å². The molecule has 2 fully saturated rings. The Morgan fingerprint density at radius 1 is 0.900 bits per heavy atom. The molecule has 2 aromatic carbocycles. The molecule has 2 aromatic rings. The third-order valence-electron chi connectivity index (χ3n) is 5.37. The summed E-state index contributed by atoms with van der Waals surface area (Å²) >= 11 is 0. The van der Waals surface area contributed by atoms with Gasteiger partial charge in [0.05, 0.1) is 23.0 Å². The molecule has 0 spiro atoms. The molecule has 0 N–H and O–H groups in total. The number of halogens is 2. The van der Waals surface area contributed by atoms with Crippen LogP contribution in [-0.2, 0) is 19.6 Å². The van der Waals surface area contributed by atoms with Gasteiger partial charge >= 0.3 is 0 Å². The highest BCUT2D eigenvalue weighted by Gasteiger charge is 2.44. The van der Waals surface area contributed by atoms with E-state index < -0.39 is 39.5 Å². The summed E-state index contributed by atoms with van der Waals surface area (Å²) in [6.07, 6.45) is -0.138. The van der Waals surface area contributed by atoms with Gasteiger partial charge in [-0.1, -0.05) is 18.2 Å². The van der Waals surface area contributed by atoms with Crippen LogP contribution < -0.4 is 4.90 Å². The van der Waals surface area contributed by atoms with Crippen molar-refractivity contribution in [1.29, 1.82) is 0 Å². The van der Waals surface area contributed by atoms with Crippen LogP contribution in [0.2, 0.25) is 0 Å². The van der Waals surface area contributed by atoms with Gasteiger partial charge in [0, 0.05) is 32.2 Å². The van der Waals surface area contributed by atoms with E-state index in [9.17, 15) is 26.8 Å². The highest BCUT2D eigenvalue weighted by Crippen LogP contribution is 2.29. The van der Waals surface area contributed by atoms with Crippen LogP contribution in [-0.4, -0.2) is 61.7 Å². The van der Waals surface area contributed by atoms with Gasteiger partial charge in [-0.25, -0.2) is 22.1 Å². The third-order valence-corrected chi connectivity index (χ3v) is 7.28. The molecule has 1 unspecified atom stereocenters. The van der Waals surface area contributed by atoms with Gasteiger partial charge in [0.1, 0.15) is 11.6 Å². The van der Waals surface area contributed by atoms with Crippen molar-refractivity contribution < 1.29 is 26.8 Å². The second-order valence-corrected chi connectivity index (χ2v) is 9.07. The van der Waals surface area contributed by atoms with Crippen LogP contribution in [0.1, 0.15) is 6.42 Å². The second-order valence-electron chi connectivity index (χ2n) is 7.14. The highest BCUT2D eigenvalue weighted by molar-refractivity contribution is 7.89. The molecule has 7 nitrogen and oxygen atoms in total. The highest BCUT2D eigenvalue weighted by atomic mass is 32.2. The molecule has 4 rings (SSSR count). The molecule has 30 heavy (non-hydrogen) atoms. The van der Waals surface area contributed by atoms with Gasteiger partial charge in [-0.2, -0.15) is 4.31 Å². The van der Waals surface area contributed by atoms with E-state index in [1.807, 2.05) is 0 Å². The van der Waals surface area contributed by atoms with Crippen LogP contribution in [0.15, 0.2) is 53.4 Å². The molecular formula is C20H19F2N3O4S. The first-order valence-electron chi connectivity index (χ1n) is 9.40. The van der Waals surface area contributed by atoms with Crippen molar-refractivity contribution in [3.05, 3.63) is 60.2 Å². The summed E-state index contributed by atoms with van der Waals surface area (Å²) in [5, 5.41) is 0. The van der Waals surface area contributed by atoms with Gasteiger partial charge in [-0.3, -0.25) is 14.5 Å². The largest absolute Gasteiger partial charge is 0.289 e. The van der Waals surface area contributed by atoms with E-state index in [2.05, 4.69) is 0 Å². The summed E-state index contributed by atoms with van der Waals surface area (Å²) in [6, 6.07) is 9.94. The average Bonchev–Trinajstić information content (AvgIpc) is 3.03. The van der Waals surface area contributed by atoms with Crippen molar-refractivity contribution in [2.75, 3.05) is 31.1 Å². The molecular weight excluding hydrogens is 416 g/mol. The molecule has 2 saturated heterocycles. The maximum absolute atomic E-state index is 14.1. The van der Waals surface area contributed by atoms with E-state index in [1.54, 1.807) is 23.1 Å². The fraction of sp³-hybridized carbons (Fsp3) is 0.300. The van der Waals surface area contributed by atoms with Crippen molar-refractivity contribution in [3.8, 4) is 0 Å². The maximum Gasteiger partial charge on any atom is 0.251 e. The Morgan fingerprint density at radius 3 is 2.20 bits per heavy atom. The van der Waals surface area contributed by atoms with Gasteiger partial charge in [0.15, 0.2) is 0 Å². The van der Waals surface area contributed by atoms with E-state index in [0.717, 1.165) is 17.0 Å². The number of hydrogen-bond acceptors (Lipinski definition) is 5. The summed E-state index contributed by atoms with van der Waals surface area (Å²) in [5.41, 5.74) is -0.279. The Labute approximate surface area is 172 Å². The molecule has 0 saturated carbocycles. The van der Waals surface area contributed by atoms with Crippen molar-refractivity contribution in [2.24, 2.45) is 0 Å². The Hall–Kier alpha value is -2.69. The maximum atomic E-state index is 14.1. The van der Waals surface area contributed by atoms with Gasteiger partial charge in [-0.05, 0) is 24.3 Å². The van der Waals surface area contributed by atoms with Crippen LogP contribution in [0, 0.1) is 11.6 Å². The third kappa shape index (κ3) is 3.62. The first kappa shape index (κ1) is 20.6. The summed E-state index contributed by atoms with van der Waals surface area (Å²) in [7, 11) is -3.64. The first-order chi connectivity index (χ1) is 14.3. The number of imide groups is 1.